The molecule has 1 atom stereocenters. The summed E-state index contributed by atoms with van der Waals surface area (Å²) in [7, 11) is -3.71. The van der Waals surface area contributed by atoms with Crippen molar-refractivity contribution < 1.29 is 17.9 Å². The number of rotatable bonds is 5. The van der Waals surface area contributed by atoms with Crippen molar-refractivity contribution in [2.75, 3.05) is 4.72 Å². The Labute approximate surface area is 176 Å². The van der Waals surface area contributed by atoms with Crippen LogP contribution in [0.3, 0.4) is 0 Å². The molecule has 3 aromatic rings. The van der Waals surface area contributed by atoms with Gasteiger partial charge in [-0.2, -0.15) is 0 Å². The normalized spacial score (nSPS) is 15.6. The highest BCUT2D eigenvalue weighted by Gasteiger charge is 2.26. The van der Waals surface area contributed by atoms with Gasteiger partial charge in [0.2, 0.25) is 0 Å². The van der Waals surface area contributed by atoms with Crippen LogP contribution in [-0.2, 0) is 22.9 Å². The number of amides is 1. The number of thiazole rings is 1. The molecule has 2 aromatic carbocycles. The average molecular weight is 450 g/mol. The molecule has 1 unspecified atom stereocenters. The molecular formula is C19H16ClN3O4S2. The molecule has 1 aliphatic rings. The highest BCUT2D eigenvalue weighted by Crippen LogP contribution is 2.27. The summed E-state index contributed by atoms with van der Waals surface area (Å²) in [6.45, 7) is 0. The van der Waals surface area contributed by atoms with Crippen LogP contribution in [0.2, 0.25) is 5.02 Å². The summed E-state index contributed by atoms with van der Waals surface area (Å²) in [4.78, 5) is 16.2. The number of sulfonamides is 1. The van der Waals surface area contributed by atoms with E-state index >= 15 is 0 Å². The first-order chi connectivity index (χ1) is 13.9. The minimum absolute atomic E-state index is 0.163. The lowest BCUT2D eigenvalue weighted by atomic mass is 10.1. The maximum Gasteiger partial charge on any atom is 0.412 e. The molecular weight excluding hydrogens is 434 g/mol. The molecule has 0 spiro atoms. The second-order valence-corrected chi connectivity index (χ2v) is 9.48. The van der Waals surface area contributed by atoms with E-state index in [1.54, 1.807) is 47.8 Å². The molecule has 7 nitrogen and oxygen atoms in total. The van der Waals surface area contributed by atoms with Crippen molar-refractivity contribution in [3.8, 4) is 5.75 Å². The van der Waals surface area contributed by atoms with Crippen molar-refractivity contribution in [1.82, 2.24) is 10.3 Å². The molecule has 0 bridgehead atoms. The molecule has 1 aromatic heterocycles. The molecule has 10 heteroatoms. The van der Waals surface area contributed by atoms with E-state index in [1.807, 2.05) is 0 Å². The van der Waals surface area contributed by atoms with Crippen LogP contribution in [0, 0.1) is 0 Å². The standard InChI is InChI=1S/C19H16ClN3O4S2/c20-14-2-4-16(5-3-14)27-19(24)22-15-9-12-1-6-17(11-13(12)10-15)29(25,26)23-18-21-7-8-28-18/h1-8,11,15H,9-10H2,(H,21,23)(H,22,24). The molecule has 4 rings (SSSR count). The van der Waals surface area contributed by atoms with E-state index in [2.05, 4.69) is 15.0 Å². The van der Waals surface area contributed by atoms with Crippen LogP contribution in [0.4, 0.5) is 9.93 Å². The first-order valence-corrected chi connectivity index (χ1v) is 11.4. The molecule has 150 valence electrons. The summed E-state index contributed by atoms with van der Waals surface area (Å²) in [6.07, 6.45) is 2.09. The van der Waals surface area contributed by atoms with Gasteiger partial charge in [0.25, 0.3) is 10.0 Å². The lowest BCUT2D eigenvalue weighted by molar-refractivity contribution is 0.196. The molecule has 0 radical (unpaired) electrons. The van der Waals surface area contributed by atoms with E-state index in [1.165, 1.54) is 17.5 Å². The number of hydrogen-bond donors (Lipinski definition) is 2. The van der Waals surface area contributed by atoms with Crippen LogP contribution in [0.25, 0.3) is 0 Å². The van der Waals surface area contributed by atoms with Crippen molar-refractivity contribution in [2.24, 2.45) is 0 Å². The predicted molar refractivity (Wildman–Crippen MR) is 111 cm³/mol. The Morgan fingerprint density at radius 1 is 1.14 bits per heavy atom. The molecule has 1 aliphatic carbocycles. The number of benzene rings is 2. The first kappa shape index (κ1) is 19.7. The number of fused-ring (bicyclic) bond motifs is 1. The van der Waals surface area contributed by atoms with Crippen molar-refractivity contribution >= 4 is 44.2 Å². The van der Waals surface area contributed by atoms with Gasteiger partial charge in [0.05, 0.1) is 4.90 Å². The predicted octanol–water partition coefficient (Wildman–Crippen LogP) is 3.85. The monoisotopic (exact) mass is 449 g/mol. The number of carbonyl (C=O) groups is 1. The highest BCUT2D eigenvalue weighted by molar-refractivity contribution is 7.93. The minimum Gasteiger partial charge on any atom is -0.410 e. The third-order valence-corrected chi connectivity index (χ3v) is 6.83. The number of aromatic nitrogens is 1. The van der Waals surface area contributed by atoms with Gasteiger partial charge in [-0.1, -0.05) is 17.7 Å². The zero-order valence-corrected chi connectivity index (χ0v) is 17.4. The first-order valence-electron chi connectivity index (χ1n) is 8.67. The Kier molecular flexibility index (Phi) is 5.44. The fraction of sp³-hybridized carbons (Fsp3) is 0.158. The van der Waals surface area contributed by atoms with Crippen molar-refractivity contribution in [3.05, 3.63) is 70.2 Å². The van der Waals surface area contributed by atoms with Gasteiger partial charge in [-0.05, 0) is 60.4 Å². The third kappa shape index (κ3) is 4.69. The van der Waals surface area contributed by atoms with Crippen molar-refractivity contribution in [2.45, 2.75) is 23.8 Å². The van der Waals surface area contributed by atoms with Crippen molar-refractivity contribution in [3.63, 3.8) is 0 Å². The molecule has 0 fully saturated rings. The lowest BCUT2D eigenvalue weighted by Crippen LogP contribution is -2.37. The molecule has 1 amide bonds. The number of nitrogens with one attached hydrogen (secondary N) is 2. The zero-order chi connectivity index (χ0) is 20.4. The molecule has 2 N–H and O–H groups in total. The van der Waals surface area contributed by atoms with Gasteiger partial charge >= 0.3 is 6.09 Å². The number of carbonyl (C=O) groups excluding carboxylic acids is 1. The maximum absolute atomic E-state index is 12.5. The average Bonchev–Trinajstić information content (AvgIpc) is 3.31. The Bertz CT molecular complexity index is 1130. The highest BCUT2D eigenvalue weighted by atomic mass is 35.5. The molecule has 1 heterocycles. The van der Waals surface area contributed by atoms with Crippen LogP contribution in [0.5, 0.6) is 5.75 Å². The fourth-order valence-electron chi connectivity index (χ4n) is 3.12. The SMILES string of the molecule is O=C(NC1Cc2ccc(S(=O)(=O)Nc3nccs3)cc2C1)Oc1ccc(Cl)cc1. The van der Waals surface area contributed by atoms with Crippen LogP contribution in [0.15, 0.2) is 58.9 Å². The van der Waals surface area contributed by atoms with Crippen molar-refractivity contribution in [1.29, 1.82) is 0 Å². The number of ether oxygens (including phenoxy) is 1. The Morgan fingerprint density at radius 3 is 2.62 bits per heavy atom. The summed E-state index contributed by atoms with van der Waals surface area (Å²) < 4.78 is 32.8. The van der Waals surface area contributed by atoms with Gasteiger partial charge < -0.3 is 10.1 Å². The van der Waals surface area contributed by atoms with Crippen LogP contribution >= 0.6 is 22.9 Å². The number of hydrogen-bond acceptors (Lipinski definition) is 6. The fourth-order valence-corrected chi connectivity index (χ4v) is 5.08. The molecule has 0 saturated carbocycles. The zero-order valence-electron chi connectivity index (χ0n) is 15.0. The number of nitrogens with zero attached hydrogens (tertiary/aromatic N) is 1. The summed E-state index contributed by atoms with van der Waals surface area (Å²) in [6, 6.07) is 11.3. The van der Waals surface area contributed by atoms with Gasteiger partial charge in [-0.15, -0.1) is 11.3 Å². The van der Waals surface area contributed by atoms with E-state index in [9.17, 15) is 13.2 Å². The summed E-state index contributed by atoms with van der Waals surface area (Å²) >= 11 is 7.02. The number of halogens is 1. The number of anilines is 1. The third-order valence-electron chi connectivity index (χ3n) is 4.42. The van der Waals surface area contributed by atoms with Gasteiger partial charge in [-0.3, -0.25) is 4.72 Å². The molecule has 0 saturated heterocycles. The van der Waals surface area contributed by atoms with Crippen LogP contribution < -0.4 is 14.8 Å². The topological polar surface area (TPSA) is 97.4 Å². The van der Waals surface area contributed by atoms with E-state index in [-0.39, 0.29) is 10.9 Å². The Hall–Kier alpha value is -2.62. The van der Waals surface area contributed by atoms with E-state index in [4.69, 9.17) is 16.3 Å². The Balaban J connectivity index is 1.40. The van der Waals surface area contributed by atoms with E-state index < -0.39 is 16.1 Å². The quantitative estimate of drug-likeness (QED) is 0.616. The summed E-state index contributed by atoms with van der Waals surface area (Å²) in [5.74, 6) is 0.393. The lowest BCUT2D eigenvalue weighted by Gasteiger charge is -2.12. The largest absolute Gasteiger partial charge is 0.412 e. The molecule has 0 aliphatic heterocycles. The van der Waals surface area contributed by atoms with Gasteiger partial charge in [-0.25, -0.2) is 18.2 Å². The van der Waals surface area contributed by atoms with Gasteiger partial charge in [0.15, 0.2) is 5.13 Å². The summed E-state index contributed by atoms with van der Waals surface area (Å²) in [5, 5.41) is 5.38. The van der Waals surface area contributed by atoms with Gasteiger partial charge in [0, 0.05) is 22.6 Å². The second kappa shape index (κ2) is 8.02. The van der Waals surface area contributed by atoms with Crippen LogP contribution in [-0.4, -0.2) is 25.5 Å². The van der Waals surface area contributed by atoms with E-state index in [0.717, 1.165) is 11.1 Å². The maximum atomic E-state index is 12.5. The van der Waals surface area contributed by atoms with E-state index in [0.29, 0.717) is 28.7 Å². The second-order valence-electron chi connectivity index (χ2n) is 6.47. The Morgan fingerprint density at radius 2 is 1.90 bits per heavy atom. The molecule has 29 heavy (non-hydrogen) atoms. The van der Waals surface area contributed by atoms with Gasteiger partial charge in [0.1, 0.15) is 5.75 Å². The summed E-state index contributed by atoms with van der Waals surface area (Å²) in [5.41, 5.74) is 1.87. The van der Waals surface area contributed by atoms with Crippen LogP contribution in [0.1, 0.15) is 11.1 Å². The minimum atomic E-state index is -3.71. The smallest absolute Gasteiger partial charge is 0.410 e.